The highest BCUT2D eigenvalue weighted by Crippen LogP contribution is 2.41. The van der Waals surface area contributed by atoms with Crippen molar-refractivity contribution in [3.63, 3.8) is 0 Å². The molecule has 1 aromatic heterocycles. The van der Waals surface area contributed by atoms with Gasteiger partial charge in [-0.3, -0.25) is 4.98 Å². The minimum absolute atomic E-state index is 0.170. The summed E-state index contributed by atoms with van der Waals surface area (Å²) in [5.74, 6) is 0.674. The SMILES string of the molecule is Cc1cccnc1CC1(C#N)CCCC(C)C1. The Labute approximate surface area is 104 Å². The lowest BCUT2D eigenvalue weighted by molar-refractivity contribution is 0.208. The van der Waals surface area contributed by atoms with E-state index in [1.54, 1.807) is 0 Å². The van der Waals surface area contributed by atoms with Crippen LogP contribution in [0.3, 0.4) is 0 Å². The van der Waals surface area contributed by atoms with E-state index in [-0.39, 0.29) is 5.41 Å². The number of nitrogens with zero attached hydrogens (tertiary/aromatic N) is 2. The molecule has 2 nitrogen and oxygen atoms in total. The van der Waals surface area contributed by atoms with Crippen molar-refractivity contribution < 1.29 is 0 Å². The van der Waals surface area contributed by atoms with Crippen molar-refractivity contribution in [3.8, 4) is 6.07 Å². The summed E-state index contributed by atoms with van der Waals surface area (Å²) in [6.45, 7) is 4.34. The van der Waals surface area contributed by atoms with Gasteiger partial charge in [0.1, 0.15) is 0 Å². The fraction of sp³-hybridized carbons (Fsp3) is 0.600. The van der Waals surface area contributed by atoms with Crippen LogP contribution in [0.4, 0.5) is 0 Å². The summed E-state index contributed by atoms with van der Waals surface area (Å²) in [6.07, 6.45) is 7.16. The van der Waals surface area contributed by atoms with Gasteiger partial charge >= 0.3 is 0 Å². The summed E-state index contributed by atoms with van der Waals surface area (Å²) < 4.78 is 0. The number of nitriles is 1. The predicted octanol–water partition coefficient (Wildman–Crippen LogP) is 3.65. The molecule has 2 heteroatoms. The van der Waals surface area contributed by atoms with Gasteiger partial charge in [0.05, 0.1) is 11.5 Å². The Bertz CT molecular complexity index is 433. The molecule has 1 aromatic rings. The zero-order chi connectivity index (χ0) is 12.3. The number of aromatic nitrogens is 1. The Balaban J connectivity index is 2.20. The molecule has 0 radical (unpaired) electrons. The first-order valence-electron chi connectivity index (χ1n) is 6.47. The van der Waals surface area contributed by atoms with Gasteiger partial charge < -0.3 is 0 Å². The molecule has 0 aromatic carbocycles. The summed E-state index contributed by atoms with van der Waals surface area (Å²) in [4.78, 5) is 4.44. The number of rotatable bonds is 2. The predicted molar refractivity (Wildman–Crippen MR) is 68.4 cm³/mol. The fourth-order valence-electron chi connectivity index (χ4n) is 2.99. The molecular formula is C15H20N2. The van der Waals surface area contributed by atoms with E-state index in [9.17, 15) is 5.26 Å². The van der Waals surface area contributed by atoms with E-state index in [0.717, 1.165) is 25.0 Å². The molecule has 0 spiro atoms. The molecule has 1 saturated carbocycles. The van der Waals surface area contributed by atoms with E-state index in [1.807, 2.05) is 12.3 Å². The lowest BCUT2D eigenvalue weighted by Crippen LogP contribution is -2.29. The molecule has 0 bridgehead atoms. The average Bonchev–Trinajstić information content (AvgIpc) is 2.32. The van der Waals surface area contributed by atoms with E-state index >= 15 is 0 Å². The van der Waals surface area contributed by atoms with E-state index < -0.39 is 0 Å². The number of pyridine rings is 1. The second-order valence-electron chi connectivity index (χ2n) is 5.54. The van der Waals surface area contributed by atoms with E-state index in [1.165, 1.54) is 18.4 Å². The molecule has 0 amide bonds. The topological polar surface area (TPSA) is 36.7 Å². The second-order valence-corrected chi connectivity index (χ2v) is 5.54. The smallest absolute Gasteiger partial charge is 0.0693 e. The molecule has 1 heterocycles. The van der Waals surface area contributed by atoms with E-state index in [4.69, 9.17) is 0 Å². The first-order valence-corrected chi connectivity index (χ1v) is 6.47. The van der Waals surface area contributed by atoms with Gasteiger partial charge in [0.15, 0.2) is 0 Å². The van der Waals surface area contributed by atoms with Crippen molar-refractivity contribution >= 4 is 0 Å². The lowest BCUT2D eigenvalue weighted by atomic mass is 9.68. The van der Waals surface area contributed by atoms with E-state index in [2.05, 4.69) is 31.0 Å². The minimum Gasteiger partial charge on any atom is -0.261 e. The zero-order valence-corrected chi connectivity index (χ0v) is 10.7. The van der Waals surface area contributed by atoms with Crippen molar-refractivity contribution in [2.24, 2.45) is 11.3 Å². The molecule has 2 atom stereocenters. The van der Waals surface area contributed by atoms with Crippen LogP contribution in [-0.4, -0.2) is 4.98 Å². The van der Waals surface area contributed by atoms with Crippen LogP contribution in [0.5, 0.6) is 0 Å². The van der Waals surface area contributed by atoms with Crippen LogP contribution in [0, 0.1) is 29.6 Å². The van der Waals surface area contributed by atoms with Crippen LogP contribution in [-0.2, 0) is 6.42 Å². The number of hydrogen-bond acceptors (Lipinski definition) is 2. The Kier molecular flexibility index (Phi) is 3.47. The van der Waals surface area contributed by atoms with Crippen molar-refractivity contribution in [2.45, 2.75) is 46.0 Å². The molecular weight excluding hydrogens is 208 g/mol. The van der Waals surface area contributed by atoms with Crippen molar-refractivity contribution in [1.82, 2.24) is 4.98 Å². The molecule has 0 saturated heterocycles. The largest absolute Gasteiger partial charge is 0.261 e. The Morgan fingerprint density at radius 1 is 1.59 bits per heavy atom. The second kappa shape index (κ2) is 4.87. The highest BCUT2D eigenvalue weighted by atomic mass is 14.7. The van der Waals surface area contributed by atoms with Gasteiger partial charge in [-0.2, -0.15) is 5.26 Å². The monoisotopic (exact) mass is 228 g/mol. The van der Waals surface area contributed by atoms with Gasteiger partial charge in [-0.1, -0.05) is 25.8 Å². The number of aryl methyl sites for hydroxylation is 1. The fourth-order valence-corrected chi connectivity index (χ4v) is 2.99. The molecule has 1 aliphatic rings. The van der Waals surface area contributed by atoms with Gasteiger partial charge in [0.2, 0.25) is 0 Å². The van der Waals surface area contributed by atoms with Crippen LogP contribution in [0.15, 0.2) is 18.3 Å². The lowest BCUT2D eigenvalue weighted by Gasteiger charge is -2.34. The van der Waals surface area contributed by atoms with Gasteiger partial charge in [-0.25, -0.2) is 0 Å². The summed E-state index contributed by atoms with van der Waals surface area (Å²) in [7, 11) is 0. The molecule has 1 fully saturated rings. The summed E-state index contributed by atoms with van der Waals surface area (Å²) in [5, 5.41) is 9.53. The Hall–Kier alpha value is -1.36. The standard InChI is InChI=1S/C15H20N2/c1-12-5-3-7-15(9-12,11-16)10-14-13(2)6-4-8-17-14/h4,6,8,12H,3,5,7,9-10H2,1-2H3. The Morgan fingerprint density at radius 3 is 3.06 bits per heavy atom. The highest BCUT2D eigenvalue weighted by Gasteiger charge is 2.35. The summed E-state index contributed by atoms with van der Waals surface area (Å²) in [6, 6.07) is 6.63. The maximum atomic E-state index is 9.53. The Morgan fingerprint density at radius 2 is 2.41 bits per heavy atom. The van der Waals surface area contributed by atoms with Crippen LogP contribution in [0.25, 0.3) is 0 Å². The number of hydrogen-bond donors (Lipinski definition) is 0. The molecule has 0 N–H and O–H groups in total. The minimum atomic E-state index is -0.170. The zero-order valence-electron chi connectivity index (χ0n) is 10.7. The molecule has 2 rings (SSSR count). The third kappa shape index (κ3) is 2.66. The van der Waals surface area contributed by atoms with Crippen molar-refractivity contribution in [3.05, 3.63) is 29.6 Å². The normalized spacial score (nSPS) is 28.6. The average molecular weight is 228 g/mol. The maximum absolute atomic E-state index is 9.53. The third-order valence-electron chi connectivity index (χ3n) is 3.95. The quantitative estimate of drug-likeness (QED) is 0.774. The van der Waals surface area contributed by atoms with Gasteiger partial charge in [-0.05, 0) is 37.3 Å². The van der Waals surface area contributed by atoms with Crippen LogP contribution in [0.1, 0.15) is 43.9 Å². The van der Waals surface area contributed by atoms with Crippen LogP contribution >= 0.6 is 0 Å². The van der Waals surface area contributed by atoms with Crippen LogP contribution < -0.4 is 0 Å². The first-order chi connectivity index (χ1) is 8.15. The highest BCUT2D eigenvalue weighted by molar-refractivity contribution is 5.21. The molecule has 0 aliphatic heterocycles. The molecule has 90 valence electrons. The van der Waals surface area contributed by atoms with Crippen molar-refractivity contribution in [1.29, 1.82) is 5.26 Å². The summed E-state index contributed by atoms with van der Waals surface area (Å²) in [5.41, 5.74) is 2.14. The molecule has 1 aliphatic carbocycles. The van der Waals surface area contributed by atoms with Gasteiger partial charge in [0.25, 0.3) is 0 Å². The third-order valence-corrected chi connectivity index (χ3v) is 3.95. The maximum Gasteiger partial charge on any atom is 0.0693 e. The first kappa shape index (κ1) is 12.1. The van der Waals surface area contributed by atoms with E-state index in [0.29, 0.717) is 5.92 Å². The molecule has 17 heavy (non-hydrogen) atoms. The van der Waals surface area contributed by atoms with Crippen molar-refractivity contribution in [2.75, 3.05) is 0 Å². The summed E-state index contributed by atoms with van der Waals surface area (Å²) >= 11 is 0. The molecule has 2 unspecified atom stereocenters. The van der Waals surface area contributed by atoms with Gasteiger partial charge in [-0.15, -0.1) is 0 Å². The van der Waals surface area contributed by atoms with Gasteiger partial charge in [0, 0.05) is 18.3 Å². The van der Waals surface area contributed by atoms with Crippen LogP contribution in [0.2, 0.25) is 0 Å².